The largest absolute Gasteiger partial charge is 0.454 e. The van der Waals surface area contributed by atoms with Crippen LogP contribution in [0.2, 0.25) is 0 Å². The van der Waals surface area contributed by atoms with Crippen molar-refractivity contribution in [3.63, 3.8) is 0 Å². The number of aromatic amines is 1. The molecule has 0 amide bonds. The first kappa shape index (κ1) is 5.88. The van der Waals surface area contributed by atoms with E-state index >= 15 is 0 Å². The molecule has 4 heteroatoms. The Kier molecular flexibility index (Phi) is 0.935. The molecule has 0 saturated heterocycles. The number of hydrogen-bond acceptors (Lipinski definition) is 3. The summed E-state index contributed by atoms with van der Waals surface area (Å²) in [6.07, 6.45) is 1.74. The summed E-state index contributed by atoms with van der Waals surface area (Å²) in [6.45, 7) is 0.305. The van der Waals surface area contributed by atoms with E-state index in [0.717, 1.165) is 22.4 Å². The molecule has 4 nitrogen and oxygen atoms in total. The van der Waals surface area contributed by atoms with Gasteiger partial charge in [0.1, 0.15) is 0 Å². The van der Waals surface area contributed by atoms with Crippen LogP contribution in [0.1, 0.15) is 0 Å². The molecule has 1 aliphatic rings. The first-order valence-electron chi connectivity index (χ1n) is 3.67. The van der Waals surface area contributed by atoms with E-state index in [-0.39, 0.29) is 0 Å². The van der Waals surface area contributed by atoms with Crippen molar-refractivity contribution in [3.8, 4) is 11.5 Å². The van der Waals surface area contributed by atoms with Crippen molar-refractivity contribution in [2.45, 2.75) is 0 Å². The Morgan fingerprint density at radius 1 is 1.33 bits per heavy atom. The lowest BCUT2D eigenvalue weighted by Gasteiger charge is -1.94. The first-order valence-corrected chi connectivity index (χ1v) is 3.67. The van der Waals surface area contributed by atoms with Crippen LogP contribution < -0.4 is 9.47 Å². The highest BCUT2D eigenvalue weighted by Crippen LogP contribution is 2.37. The van der Waals surface area contributed by atoms with Gasteiger partial charge in [0, 0.05) is 0 Å². The van der Waals surface area contributed by atoms with Crippen LogP contribution in [-0.2, 0) is 0 Å². The van der Waals surface area contributed by atoms with Gasteiger partial charge in [-0.2, -0.15) is 5.10 Å². The molecule has 60 valence electrons. The lowest BCUT2D eigenvalue weighted by Crippen LogP contribution is -1.93. The fourth-order valence-electron chi connectivity index (χ4n) is 1.39. The predicted molar refractivity (Wildman–Crippen MR) is 42.2 cm³/mol. The van der Waals surface area contributed by atoms with Gasteiger partial charge >= 0.3 is 0 Å². The standard InChI is InChI=1S/C8H6N2O2/c1-2-7-8(12-4-11-7)5-3-9-10-6(1)5/h1-3H,4H2,(H,9,10). The van der Waals surface area contributed by atoms with E-state index in [9.17, 15) is 0 Å². The van der Waals surface area contributed by atoms with Gasteiger partial charge in [0.05, 0.1) is 17.1 Å². The molecule has 0 atom stereocenters. The number of nitrogens with zero attached hydrogens (tertiary/aromatic N) is 1. The first-order chi connectivity index (χ1) is 5.95. The minimum atomic E-state index is 0.305. The van der Waals surface area contributed by atoms with Gasteiger partial charge in [-0.15, -0.1) is 0 Å². The van der Waals surface area contributed by atoms with Crippen LogP contribution in [-0.4, -0.2) is 17.0 Å². The molecule has 1 aromatic heterocycles. The Hall–Kier alpha value is -1.71. The van der Waals surface area contributed by atoms with E-state index in [1.54, 1.807) is 6.20 Å². The Bertz CT molecular complexity index is 436. The highest BCUT2D eigenvalue weighted by molar-refractivity contribution is 5.87. The van der Waals surface area contributed by atoms with E-state index in [0.29, 0.717) is 6.79 Å². The minimum Gasteiger partial charge on any atom is -0.454 e. The topological polar surface area (TPSA) is 47.1 Å². The molecule has 0 fully saturated rings. The highest BCUT2D eigenvalue weighted by atomic mass is 16.7. The molecule has 0 spiro atoms. The SMILES string of the molecule is c1cc2[nH]ncc2c2c1OCO2. The zero-order chi connectivity index (χ0) is 7.97. The summed E-state index contributed by atoms with van der Waals surface area (Å²) in [5.41, 5.74) is 0.972. The summed E-state index contributed by atoms with van der Waals surface area (Å²) in [4.78, 5) is 0. The zero-order valence-electron chi connectivity index (χ0n) is 6.20. The lowest BCUT2D eigenvalue weighted by atomic mass is 10.2. The van der Waals surface area contributed by atoms with E-state index in [1.165, 1.54) is 0 Å². The molecule has 1 N–H and O–H groups in total. The van der Waals surface area contributed by atoms with E-state index in [4.69, 9.17) is 9.47 Å². The molecular formula is C8H6N2O2. The number of H-pyrrole nitrogens is 1. The van der Waals surface area contributed by atoms with Gasteiger partial charge in [0.15, 0.2) is 11.5 Å². The molecule has 0 aliphatic carbocycles. The Morgan fingerprint density at radius 2 is 2.33 bits per heavy atom. The van der Waals surface area contributed by atoms with Crippen LogP contribution in [0.3, 0.4) is 0 Å². The van der Waals surface area contributed by atoms with E-state index < -0.39 is 0 Å². The van der Waals surface area contributed by atoms with Gasteiger partial charge in [0.2, 0.25) is 6.79 Å². The quantitative estimate of drug-likeness (QED) is 0.635. The third-order valence-electron chi connectivity index (χ3n) is 1.96. The second kappa shape index (κ2) is 1.91. The van der Waals surface area contributed by atoms with Gasteiger partial charge in [-0.1, -0.05) is 0 Å². The zero-order valence-corrected chi connectivity index (χ0v) is 6.20. The number of benzene rings is 1. The van der Waals surface area contributed by atoms with Crippen molar-refractivity contribution < 1.29 is 9.47 Å². The van der Waals surface area contributed by atoms with Gasteiger partial charge in [-0.3, -0.25) is 5.10 Å². The molecule has 0 radical (unpaired) electrons. The Morgan fingerprint density at radius 3 is 3.33 bits per heavy atom. The van der Waals surface area contributed by atoms with Crippen molar-refractivity contribution in [3.05, 3.63) is 18.3 Å². The normalized spacial score (nSPS) is 14.0. The van der Waals surface area contributed by atoms with Crippen LogP contribution in [0.4, 0.5) is 0 Å². The molecule has 1 aliphatic heterocycles. The summed E-state index contributed by atoms with van der Waals surface area (Å²) in [5, 5.41) is 7.76. The maximum atomic E-state index is 5.29. The lowest BCUT2D eigenvalue weighted by molar-refractivity contribution is 0.175. The predicted octanol–water partition coefficient (Wildman–Crippen LogP) is 1.29. The molecule has 2 aromatic rings. The van der Waals surface area contributed by atoms with Crippen LogP contribution in [0.15, 0.2) is 18.3 Å². The molecule has 3 rings (SSSR count). The Balaban J connectivity index is 2.46. The minimum absolute atomic E-state index is 0.305. The van der Waals surface area contributed by atoms with E-state index in [1.807, 2.05) is 12.1 Å². The fraction of sp³-hybridized carbons (Fsp3) is 0.125. The monoisotopic (exact) mass is 162 g/mol. The summed E-state index contributed by atoms with van der Waals surface area (Å²) in [5.74, 6) is 1.59. The number of aromatic nitrogens is 2. The molecule has 2 heterocycles. The molecular weight excluding hydrogens is 156 g/mol. The van der Waals surface area contributed by atoms with Gasteiger partial charge in [-0.05, 0) is 12.1 Å². The maximum Gasteiger partial charge on any atom is 0.231 e. The van der Waals surface area contributed by atoms with Crippen LogP contribution in [0.25, 0.3) is 10.9 Å². The third-order valence-corrected chi connectivity index (χ3v) is 1.96. The van der Waals surface area contributed by atoms with Crippen LogP contribution in [0.5, 0.6) is 11.5 Å². The van der Waals surface area contributed by atoms with Crippen molar-refractivity contribution in [2.24, 2.45) is 0 Å². The molecule has 0 bridgehead atoms. The second-order valence-corrected chi connectivity index (χ2v) is 2.63. The maximum absolute atomic E-state index is 5.29. The fourth-order valence-corrected chi connectivity index (χ4v) is 1.39. The smallest absolute Gasteiger partial charge is 0.231 e. The van der Waals surface area contributed by atoms with Crippen molar-refractivity contribution >= 4 is 10.9 Å². The van der Waals surface area contributed by atoms with E-state index in [2.05, 4.69) is 10.2 Å². The summed E-state index contributed by atoms with van der Waals surface area (Å²) < 4.78 is 10.5. The van der Waals surface area contributed by atoms with Crippen molar-refractivity contribution in [1.82, 2.24) is 10.2 Å². The average Bonchev–Trinajstić information content (AvgIpc) is 2.71. The number of rotatable bonds is 0. The van der Waals surface area contributed by atoms with Gasteiger partial charge < -0.3 is 9.47 Å². The Labute approximate surface area is 68.1 Å². The number of nitrogens with one attached hydrogen (secondary N) is 1. The summed E-state index contributed by atoms with van der Waals surface area (Å²) in [6, 6.07) is 3.80. The van der Waals surface area contributed by atoms with Crippen LogP contribution >= 0.6 is 0 Å². The average molecular weight is 162 g/mol. The second-order valence-electron chi connectivity index (χ2n) is 2.63. The molecule has 0 saturated carbocycles. The van der Waals surface area contributed by atoms with Crippen LogP contribution in [0, 0.1) is 0 Å². The van der Waals surface area contributed by atoms with Crippen molar-refractivity contribution in [2.75, 3.05) is 6.79 Å². The number of ether oxygens (including phenoxy) is 2. The van der Waals surface area contributed by atoms with Crippen molar-refractivity contribution in [1.29, 1.82) is 0 Å². The summed E-state index contributed by atoms with van der Waals surface area (Å²) >= 11 is 0. The van der Waals surface area contributed by atoms with Gasteiger partial charge in [0.25, 0.3) is 0 Å². The molecule has 1 aromatic carbocycles. The number of fused-ring (bicyclic) bond motifs is 3. The highest BCUT2D eigenvalue weighted by Gasteiger charge is 2.16. The summed E-state index contributed by atoms with van der Waals surface area (Å²) in [7, 11) is 0. The molecule has 12 heavy (non-hydrogen) atoms. The number of hydrogen-bond donors (Lipinski definition) is 1. The molecule has 0 unspecified atom stereocenters. The van der Waals surface area contributed by atoms with Gasteiger partial charge in [-0.25, -0.2) is 0 Å². The third kappa shape index (κ3) is 0.592.